The second-order valence-electron chi connectivity index (χ2n) is 3.60. The van der Waals surface area contributed by atoms with E-state index in [4.69, 9.17) is 16.3 Å². The molecule has 0 saturated heterocycles. The summed E-state index contributed by atoms with van der Waals surface area (Å²) in [7, 11) is 1.48. The van der Waals surface area contributed by atoms with Crippen molar-refractivity contribution in [3.05, 3.63) is 51.7 Å². The lowest BCUT2D eigenvalue weighted by Gasteiger charge is -2.09. The summed E-state index contributed by atoms with van der Waals surface area (Å²) in [4.78, 5) is 29.1. The number of carbonyl (C=O) groups is 1. The summed E-state index contributed by atoms with van der Waals surface area (Å²) in [6.07, 6.45) is 1.16. The lowest BCUT2D eigenvalue weighted by Crippen LogP contribution is -2.18. The normalized spacial score (nSPS) is 10.0. The molecule has 0 radical (unpaired) electrons. The molecule has 2 aromatic rings. The summed E-state index contributed by atoms with van der Waals surface area (Å²) in [5.74, 6) is -0.0609. The highest BCUT2D eigenvalue weighted by Gasteiger charge is 2.11. The third kappa shape index (κ3) is 3.11. The fourth-order valence-corrected chi connectivity index (χ4v) is 1.63. The Morgan fingerprint density at radius 1 is 1.42 bits per heavy atom. The zero-order valence-corrected chi connectivity index (χ0v) is 10.7. The van der Waals surface area contributed by atoms with Crippen LogP contribution in [0.25, 0.3) is 0 Å². The number of ether oxygens (including phenoxy) is 1. The fourth-order valence-electron chi connectivity index (χ4n) is 1.46. The van der Waals surface area contributed by atoms with Crippen molar-refractivity contribution in [3.63, 3.8) is 0 Å². The number of nitrogens with zero attached hydrogens (tertiary/aromatic N) is 1. The van der Waals surface area contributed by atoms with Gasteiger partial charge in [0, 0.05) is 11.1 Å². The summed E-state index contributed by atoms with van der Waals surface area (Å²) in [5.41, 5.74) is 0.00562. The van der Waals surface area contributed by atoms with E-state index in [1.165, 1.54) is 7.11 Å². The Morgan fingerprint density at radius 2 is 2.21 bits per heavy atom. The third-order valence-electron chi connectivity index (χ3n) is 2.32. The van der Waals surface area contributed by atoms with Gasteiger partial charge in [0.05, 0.1) is 19.1 Å². The maximum absolute atomic E-state index is 11.9. The smallest absolute Gasteiger partial charge is 0.274 e. The molecule has 1 amide bonds. The van der Waals surface area contributed by atoms with Gasteiger partial charge in [-0.2, -0.15) is 0 Å². The van der Waals surface area contributed by atoms with Gasteiger partial charge in [0.2, 0.25) is 0 Å². The number of carbonyl (C=O) groups excluding carboxylic acids is 1. The molecule has 1 aromatic heterocycles. The van der Waals surface area contributed by atoms with Gasteiger partial charge in [-0.05, 0) is 18.2 Å². The highest BCUT2D eigenvalue weighted by atomic mass is 35.5. The first-order chi connectivity index (χ1) is 9.10. The van der Waals surface area contributed by atoms with Crippen molar-refractivity contribution in [1.29, 1.82) is 0 Å². The Hall–Kier alpha value is -2.34. The lowest BCUT2D eigenvalue weighted by atomic mass is 10.2. The van der Waals surface area contributed by atoms with Crippen LogP contribution in [0.3, 0.4) is 0 Å². The minimum atomic E-state index is -0.522. The Bertz CT molecular complexity index is 669. The molecule has 98 valence electrons. The number of anilines is 1. The van der Waals surface area contributed by atoms with Crippen molar-refractivity contribution in [1.82, 2.24) is 9.97 Å². The number of halogens is 1. The van der Waals surface area contributed by atoms with E-state index in [1.807, 2.05) is 0 Å². The Labute approximate surface area is 113 Å². The highest BCUT2D eigenvalue weighted by Crippen LogP contribution is 2.27. The van der Waals surface area contributed by atoms with Crippen LogP contribution >= 0.6 is 11.6 Å². The second kappa shape index (κ2) is 5.53. The maximum Gasteiger partial charge on any atom is 0.274 e. The minimum Gasteiger partial charge on any atom is -0.495 e. The van der Waals surface area contributed by atoms with Crippen molar-refractivity contribution in [3.8, 4) is 5.75 Å². The molecule has 19 heavy (non-hydrogen) atoms. The van der Waals surface area contributed by atoms with Crippen LogP contribution in [-0.2, 0) is 0 Å². The van der Waals surface area contributed by atoms with E-state index < -0.39 is 11.5 Å². The molecule has 2 N–H and O–H groups in total. The maximum atomic E-state index is 11.9. The molecule has 0 spiro atoms. The molecule has 0 atom stereocenters. The Kier molecular flexibility index (Phi) is 3.82. The monoisotopic (exact) mass is 279 g/mol. The highest BCUT2D eigenvalue weighted by molar-refractivity contribution is 6.31. The van der Waals surface area contributed by atoms with Gasteiger partial charge in [-0.1, -0.05) is 11.6 Å². The van der Waals surface area contributed by atoms with E-state index in [-0.39, 0.29) is 5.69 Å². The SMILES string of the molecule is COc1ccc(Cl)cc1NC(=O)c1cc(=O)[nH]cn1. The molecule has 7 heteroatoms. The van der Waals surface area contributed by atoms with Gasteiger partial charge in [0.1, 0.15) is 11.4 Å². The summed E-state index contributed by atoms with van der Waals surface area (Å²) in [6.45, 7) is 0. The van der Waals surface area contributed by atoms with Crippen LogP contribution in [-0.4, -0.2) is 23.0 Å². The number of amides is 1. The summed E-state index contributed by atoms with van der Waals surface area (Å²) in [5, 5.41) is 3.04. The third-order valence-corrected chi connectivity index (χ3v) is 2.56. The molecule has 1 heterocycles. The molecule has 1 aromatic carbocycles. The van der Waals surface area contributed by atoms with E-state index in [0.717, 1.165) is 12.4 Å². The van der Waals surface area contributed by atoms with Crippen molar-refractivity contribution < 1.29 is 9.53 Å². The number of rotatable bonds is 3. The Morgan fingerprint density at radius 3 is 2.89 bits per heavy atom. The van der Waals surface area contributed by atoms with Crippen LogP contribution in [0.1, 0.15) is 10.5 Å². The van der Waals surface area contributed by atoms with Crippen LogP contribution in [0, 0.1) is 0 Å². The van der Waals surface area contributed by atoms with Gasteiger partial charge in [-0.15, -0.1) is 0 Å². The molecule has 6 nitrogen and oxygen atoms in total. The van der Waals surface area contributed by atoms with E-state index in [2.05, 4.69) is 15.3 Å². The van der Waals surface area contributed by atoms with Gasteiger partial charge in [-0.3, -0.25) is 9.59 Å². The summed E-state index contributed by atoms with van der Waals surface area (Å²) < 4.78 is 5.10. The van der Waals surface area contributed by atoms with Crippen LogP contribution in [0.4, 0.5) is 5.69 Å². The van der Waals surface area contributed by atoms with E-state index in [0.29, 0.717) is 16.5 Å². The molecule has 0 fully saturated rings. The van der Waals surface area contributed by atoms with E-state index >= 15 is 0 Å². The minimum absolute atomic E-state index is 0.00535. The number of hydrogen-bond donors (Lipinski definition) is 2. The zero-order valence-electron chi connectivity index (χ0n) is 9.94. The predicted octanol–water partition coefficient (Wildman–Crippen LogP) is 1.68. The molecular formula is C12H10ClN3O3. The first-order valence-electron chi connectivity index (χ1n) is 5.30. The summed E-state index contributed by atoms with van der Waals surface area (Å²) in [6, 6.07) is 5.92. The number of benzene rings is 1. The lowest BCUT2D eigenvalue weighted by molar-refractivity contribution is 0.102. The molecule has 0 aliphatic carbocycles. The molecule has 0 unspecified atom stereocenters. The first kappa shape index (κ1) is 13.1. The number of hydrogen-bond acceptors (Lipinski definition) is 4. The van der Waals surface area contributed by atoms with Gasteiger partial charge >= 0.3 is 0 Å². The largest absolute Gasteiger partial charge is 0.495 e. The van der Waals surface area contributed by atoms with Gasteiger partial charge in [0.15, 0.2) is 0 Å². The van der Waals surface area contributed by atoms with Crippen molar-refractivity contribution in [2.24, 2.45) is 0 Å². The standard InChI is InChI=1S/C12H10ClN3O3/c1-19-10-3-2-7(13)4-8(10)16-12(18)9-5-11(17)15-6-14-9/h2-6H,1H3,(H,16,18)(H,14,15,17). The number of H-pyrrole nitrogens is 1. The van der Waals surface area contributed by atoms with Gasteiger partial charge in [-0.25, -0.2) is 4.98 Å². The van der Waals surface area contributed by atoms with E-state index in [1.54, 1.807) is 18.2 Å². The molecular weight excluding hydrogens is 270 g/mol. The number of aromatic nitrogens is 2. The quantitative estimate of drug-likeness (QED) is 0.895. The fraction of sp³-hybridized carbons (Fsp3) is 0.0833. The van der Waals surface area contributed by atoms with Crippen LogP contribution < -0.4 is 15.6 Å². The van der Waals surface area contributed by atoms with Crippen LogP contribution in [0.2, 0.25) is 5.02 Å². The molecule has 0 aliphatic heterocycles. The summed E-state index contributed by atoms with van der Waals surface area (Å²) >= 11 is 5.85. The van der Waals surface area contributed by atoms with Crippen molar-refractivity contribution in [2.45, 2.75) is 0 Å². The number of nitrogens with one attached hydrogen (secondary N) is 2. The van der Waals surface area contributed by atoms with E-state index in [9.17, 15) is 9.59 Å². The number of methoxy groups -OCH3 is 1. The average Bonchev–Trinajstić information content (AvgIpc) is 2.39. The predicted molar refractivity (Wildman–Crippen MR) is 70.8 cm³/mol. The average molecular weight is 280 g/mol. The first-order valence-corrected chi connectivity index (χ1v) is 5.67. The molecule has 0 saturated carbocycles. The number of aromatic amines is 1. The second-order valence-corrected chi connectivity index (χ2v) is 4.03. The van der Waals surface area contributed by atoms with Crippen LogP contribution in [0.15, 0.2) is 35.4 Å². The Balaban J connectivity index is 2.28. The molecule has 0 bridgehead atoms. The zero-order chi connectivity index (χ0) is 13.8. The van der Waals surface area contributed by atoms with Gasteiger partial charge < -0.3 is 15.0 Å². The van der Waals surface area contributed by atoms with Gasteiger partial charge in [0.25, 0.3) is 11.5 Å². The molecule has 2 rings (SSSR count). The van der Waals surface area contributed by atoms with Crippen molar-refractivity contribution in [2.75, 3.05) is 12.4 Å². The molecule has 0 aliphatic rings. The topological polar surface area (TPSA) is 84.1 Å². The van der Waals surface area contributed by atoms with Crippen molar-refractivity contribution >= 4 is 23.2 Å². The van der Waals surface area contributed by atoms with Crippen LogP contribution in [0.5, 0.6) is 5.75 Å².